The normalized spacial score (nSPS) is 18.1. The second-order valence-corrected chi connectivity index (χ2v) is 6.67. The largest absolute Gasteiger partial charge is 0.377 e. The number of methoxy groups -OCH3 is 1. The monoisotopic (exact) mass is 352 g/mol. The number of ether oxygens (including phenoxy) is 2. The Morgan fingerprint density at radius 3 is 3.12 bits per heavy atom. The van der Waals surface area contributed by atoms with Crippen LogP contribution in [0.3, 0.4) is 0 Å². The lowest BCUT2D eigenvalue weighted by molar-refractivity contribution is -0.138. The maximum Gasteiger partial charge on any atom is 0.229 e. The molecule has 1 atom stereocenters. The lowest BCUT2D eigenvalue weighted by Crippen LogP contribution is -2.47. The molecule has 0 aromatic carbocycles. The van der Waals surface area contributed by atoms with Crippen LogP contribution >= 0.6 is 11.3 Å². The highest BCUT2D eigenvalue weighted by Crippen LogP contribution is 2.14. The first kappa shape index (κ1) is 17.0. The van der Waals surface area contributed by atoms with Gasteiger partial charge in [-0.25, -0.2) is 4.98 Å². The minimum absolute atomic E-state index is 0.0687. The molecule has 0 bridgehead atoms. The van der Waals surface area contributed by atoms with Crippen molar-refractivity contribution < 1.29 is 18.8 Å². The van der Waals surface area contributed by atoms with Gasteiger partial charge in [0.25, 0.3) is 0 Å². The first-order valence-corrected chi connectivity index (χ1v) is 8.63. The molecule has 3 rings (SSSR count). The van der Waals surface area contributed by atoms with Crippen molar-refractivity contribution in [3.05, 3.63) is 27.8 Å². The van der Waals surface area contributed by atoms with Crippen molar-refractivity contribution in [2.75, 3.05) is 26.8 Å². The molecule has 0 unspecified atom stereocenters. The summed E-state index contributed by atoms with van der Waals surface area (Å²) in [5.74, 6) is 1.07. The van der Waals surface area contributed by atoms with E-state index in [1.54, 1.807) is 18.4 Å². The van der Waals surface area contributed by atoms with Gasteiger partial charge < -0.3 is 18.9 Å². The number of morpholine rings is 1. The number of hydrogen-bond donors (Lipinski definition) is 0. The molecule has 0 N–H and O–H groups in total. The van der Waals surface area contributed by atoms with Crippen molar-refractivity contribution in [1.29, 1.82) is 0 Å². The number of rotatable bonds is 6. The van der Waals surface area contributed by atoms with E-state index in [9.17, 15) is 4.79 Å². The zero-order valence-electron chi connectivity index (χ0n) is 13.7. The van der Waals surface area contributed by atoms with E-state index >= 15 is 0 Å². The molecule has 2 aromatic rings. The van der Waals surface area contributed by atoms with Crippen LogP contribution in [0.2, 0.25) is 0 Å². The minimum atomic E-state index is -0.143. The fourth-order valence-electron chi connectivity index (χ4n) is 2.58. The van der Waals surface area contributed by atoms with E-state index in [4.69, 9.17) is 14.0 Å². The number of amides is 1. The third-order valence-corrected chi connectivity index (χ3v) is 4.50. The molecule has 8 nitrogen and oxygen atoms in total. The van der Waals surface area contributed by atoms with Gasteiger partial charge in [-0.2, -0.15) is 4.98 Å². The van der Waals surface area contributed by atoms with E-state index in [0.29, 0.717) is 50.9 Å². The highest BCUT2D eigenvalue weighted by molar-refractivity contribution is 7.09. The summed E-state index contributed by atoms with van der Waals surface area (Å²) in [5.41, 5.74) is 0.826. The number of aryl methyl sites for hydroxylation is 1. The van der Waals surface area contributed by atoms with Crippen molar-refractivity contribution >= 4 is 17.2 Å². The molecule has 1 aliphatic rings. The fraction of sp³-hybridized carbons (Fsp3) is 0.600. The molecule has 1 saturated heterocycles. The summed E-state index contributed by atoms with van der Waals surface area (Å²) in [6.45, 7) is 3.87. The molecule has 0 radical (unpaired) electrons. The molecule has 0 aliphatic carbocycles. The van der Waals surface area contributed by atoms with Crippen molar-refractivity contribution in [1.82, 2.24) is 20.0 Å². The van der Waals surface area contributed by atoms with Gasteiger partial charge in [-0.3, -0.25) is 4.79 Å². The van der Waals surface area contributed by atoms with Gasteiger partial charge in [0.15, 0.2) is 5.82 Å². The predicted octanol–water partition coefficient (Wildman–Crippen LogP) is 0.994. The smallest absolute Gasteiger partial charge is 0.229 e. The highest BCUT2D eigenvalue weighted by Gasteiger charge is 2.26. The number of aromatic nitrogens is 3. The zero-order chi connectivity index (χ0) is 16.9. The van der Waals surface area contributed by atoms with Crippen LogP contribution in [0.5, 0.6) is 0 Å². The van der Waals surface area contributed by atoms with Crippen LogP contribution in [-0.2, 0) is 33.7 Å². The number of thiazole rings is 1. The van der Waals surface area contributed by atoms with Gasteiger partial charge in [0.2, 0.25) is 11.8 Å². The van der Waals surface area contributed by atoms with Crippen LogP contribution in [0.15, 0.2) is 9.90 Å². The van der Waals surface area contributed by atoms with Crippen LogP contribution < -0.4 is 0 Å². The molecular formula is C15H20N4O4S. The minimum Gasteiger partial charge on any atom is -0.377 e. The van der Waals surface area contributed by atoms with Gasteiger partial charge in [-0.1, -0.05) is 5.16 Å². The molecule has 2 aromatic heterocycles. The van der Waals surface area contributed by atoms with Crippen molar-refractivity contribution in [2.45, 2.75) is 32.5 Å². The predicted molar refractivity (Wildman–Crippen MR) is 85.6 cm³/mol. The van der Waals surface area contributed by atoms with E-state index in [-0.39, 0.29) is 12.0 Å². The van der Waals surface area contributed by atoms with Gasteiger partial charge >= 0.3 is 0 Å². The average Bonchev–Trinajstić information content (AvgIpc) is 3.17. The lowest BCUT2D eigenvalue weighted by atomic mass is 10.2. The molecule has 9 heteroatoms. The van der Waals surface area contributed by atoms with E-state index in [1.807, 2.05) is 17.2 Å². The average molecular weight is 352 g/mol. The summed E-state index contributed by atoms with van der Waals surface area (Å²) in [6, 6.07) is 0. The highest BCUT2D eigenvalue weighted by atomic mass is 32.1. The maximum absolute atomic E-state index is 12.4. The molecule has 0 saturated carbocycles. The van der Waals surface area contributed by atoms with E-state index < -0.39 is 0 Å². The summed E-state index contributed by atoms with van der Waals surface area (Å²) in [4.78, 5) is 22.8. The second kappa shape index (κ2) is 7.82. The number of hydrogen-bond acceptors (Lipinski definition) is 8. The van der Waals surface area contributed by atoms with Crippen LogP contribution in [0, 0.1) is 6.92 Å². The van der Waals surface area contributed by atoms with Crippen LogP contribution in [0.25, 0.3) is 0 Å². The molecule has 0 spiro atoms. The molecule has 3 heterocycles. The number of nitrogens with zero attached hydrogens (tertiary/aromatic N) is 4. The quantitative estimate of drug-likeness (QED) is 0.766. The lowest BCUT2D eigenvalue weighted by Gasteiger charge is -2.32. The molecule has 1 fully saturated rings. The molecule has 130 valence electrons. The van der Waals surface area contributed by atoms with Crippen molar-refractivity contribution in [2.24, 2.45) is 0 Å². The molecular weight excluding hydrogens is 332 g/mol. The summed E-state index contributed by atoms with van der Waals surface area (Å²) in [6.07, 6.45) is 0.669. The van der Waals surface area contributed by atoms with Crippen LogP contribution in [0.1, 0.15) is 22.4 Å². The third kappa shape index (κ3) is 4.37. The van der Waals surface area contributed by atoms with Gasteiger partial charge in [-0.15, -0.1) is 11.3 Å². The topological polar surface area (TPSA) is 90.6 Å². The number of carbonyl (C=O) groups is 1. The molecule has 1 aliphatic heterocycles. The number of carbonyl (C=O) groups excluding carboxylic acids is 1. The SMILES string of the molecule is COCc1noc(C[C@H]2CN(C(=O)Cc3csc(C)n3)CCO2)n1. The Morgan fingerprint density at radius 2 is 2.38 bits per heavy atom. The zero-order valence-corrected chi connectivity index (χ0v) is 14.5. The Morgan fingerprint density at radius 1 is 1.50 bits per heavy atom. The Kier molecular flexibility index (Phi) is 5.54. The Bertz CT molecular complexity index is 687. The van der Waals surface area contributed by atoms with Gasteiger partial charge in [0.05, 0.1) is 36.3 Å². The van der Waals surface area contributed by atoms with Gasteiger partial charge in [0, 0.05) is 25.6 Å². The van der Waals surface area contributed by atoms with Gasteiger partial charge in [-0.05, 0) is 6.92 Å². The molecule has 24 heavy (non-hydrogen) atoms. The van der Waals surface area contributed by atoms with E-state index in [2.05, 4.69) is 15.1 Å². The summed E-state index contributed by atoms with van der Waals surface area (Å²) >= 11 is 1.56. The van der Waals surface area contributed by atoms with Crippen molar-refractivity contribution in [3.8, 4) is 0 Å². The summed E-state index contributed by atoms with van der Waals surface area (Å²) in [7, 11) is 1.58. The first-order chi connectivity index (χ1) is 11.6. The molecule has 1 amide bonds. The maximum atomic E-state index is 12.4. The van der Waals surface area contributed by atoms with Crippen LogP contribution in [0.4, 0.5) is 0 Å². The summed E-state index contributed by atoms with van der Waals surface area (Å²) < 4.78 is 15.9. The third-order valence-electron chi connectivity index (χ3n) is 3.68. The first-order valence-electron chi connectivity index (χ1n) is 7.75. The Hall–Kier alpha value is -1.84. The fourth-order valence-corrected chi connectivity index (χ4v) is 3.19. The van der Waals surface area contributed by atoms with E-state index in [1.165, 1.54) is 0 Å². The Labute approximate surface area is 143 Å². The summed E-state index contributed by atoms with van der Waals surface area (Å²) in [5, 5.41) is 6.73. The van der Waals surface area contributed by atoms with E-state index in [0.717, 1.165) is 10.7 Å². The second-order valence-electron chi connectivity index (χ2n) is 5.61. The van der Waals surface area contributed by atoms with Gasteiger partial charge in [0.1, 0.15) is 6.61 Å². The van der Waals surface area contributed by atoms with Crippen LogP contribution in [-0.4, -0.2) is 58.8 Å². The van der Waals surface area contributed by atoms with Crippen molar-refractivity contribution in [3.63, 3.8) is 0 Å². The Balaban J connectivity index is 1.54. The standard InChI is InChI=1S/C15H20N4O4S/c1-10-16-11(9-24-10)5-15(20)19-3-4-22-12(7-19)6-14-17-13(8-21-2)18-23-14/h9,12H,3-8H2,1-2H3/t12-/m0/s1.